The van der Waals surface area contributed by atoms with E-state index in [9.17, 15) is 0 Å². The summed E-state index contributed by atoms with van der Waals surface area (Å²) in [6.07, 6.45) is 6.25. The van der Waals surface area contributed by atoms with Gasteiger partial charge in [0.1, 0.15) is 0 Å². The van der Waals surface area contributed by atoms with Gasteiger partial charge in [-0.15, -0.1) is 5.10 Å². The predicted octanol–water partition coefficient (Wildman–Crippen LogP) is 3.97. The highest BCUT2D eigenvalue weighted by atomic mass is 127. The van der Waals surface area contributed by atoms with Crippen molar-refractivity contribution < 1.29 is 0 Å². The number of hydrogen-bond donors (Lipinski definition) is 0. The summed E-state index contributed by atoms with van der Waals surface area (Å²) in [6.45, 7) is 0. The topological polar surface area (TPSA) is 43.6 Å². The maximum absolute atomic E-state index is 6.00. The molecule has 1 fully saturated rings. The van der Waals surface area contributed by atoms with Crippen LogP contribution in [-0.4, -0.2) is 20.2 Å². The van der Waals surface area contributed by atoms with E-state index in [2.05, 4.69) is 38.1 Å². The van der Waals surface area contributed by atoms with Crippen molar-refractivity contribution in [2.45, 2.75) is 38.0 Å². The van der Waals surface area contributed by atoms with E-state index >= 15 is 0 Å². The standard InChI is InChI=1S/C13H14ClIN4/c14-10-6-7-12(11(15)8-10)19-13(16-17-18-19)9-4-2-1-3-5-9/h6-9H,1-5H2. The first-order valence-electron chi connectivity index (χ1n) is 6.49. The van der Waals surface area contributed by atoms with Crippen LogP contribution in [0.1, 0.15) is 43.8 Å². The van der Waals surface area contributed by atoms with Crippen molar-refractivity contribution in [3.05, 3.63) is 32.6 Å². The van der Waals surface area contributed by atoms with Crippen molar-refractivity contribution in [3.63, 3.8) is 0 Å². The highest BCUT2D eigenvalue weighted by Crippen LogP contribution is 2.32. The Morgan fingerprint density at radius 1 is 1.21 bits per heavy atom. The van der Waals surface area contributed by atoms with Gasteiger partial charge in [0.05, 0.1) is 5.69 Å². The molecule has 100 valence electrons. The number of tetrazole rings is 1. The minimum Gasteiger partial charge on any atom is -0.196 e. The monoisotopic (exact) mass is 388 g/mol. The molecule has 3 rings (SSSR count). The van der Waals surface area contributed by atoms with Gasteiger partial charge >= 0.3 is 0 Å². The lowest BCUT2D eigenvalue weighted by molar-refractivity contribution is 0.422. The second-order valence-electron chi connectivity index (χ2n) is 4.88. The Balaban J connectivity index is 1.99. The quantitative estimate of drug-likeness (QED) is 0.731. The lowest BCUT2D eigenvalue weighted by atomic mass is 9.89. The van der Waals surface area contributed by atoms with Crippen molar-refractivity contribution in [2.75, 3.05) is 0 Å². The summed E-state index contributed by atoms with van der Waals surface area (Å²) in [7, 11) is 0. The third-order valence-electron chi connectivity index (χ3n) is 3.60. The van der Waals surface area contributed by atoms with Crippen LogP contribution in [-0.2, 0) is 0 Å². The molecule has 1 aromatic heterocycles. The van der Waals surface area contributed by atoms with Crippen molar-refractivity contribution in [2.24, 2.45) is 0 Å². The molecule has 0 N–H and O–H groups in total. The van der Waals surface area contributed by atoms with Crippen LogP contribution in [0.4, 0.5) is 0 Å². The van der Waals surface area contributed by atoms with Crippen molar-refractivity contribution >= 4 is 34.2 Å². The van der Waals surface area contributed by atoms with E-state index in [0.717, 1.165) is 20.1 Å². The Morgan fingerprint density at radius 2 is 2.00 bits per heavy atom. The van der Waals surface area contributed by atoms with E-state index in [-0.39, 0.29) is 0 Å². The van der Waals surface area contributed by atoms with E-state index in [4.69, 9.17) is 11.6 Å². The van der Waals surface area contributed by atoms with Crippen molar-refractivity contribution in [1.29, 1.82) is 0 Å². The van der Waals surface area contributed by atoms with E-state index < -0.39 is 0 Å². The van der Waals surface area contributed by atoms with Crippen molar-refractivity contribution in [1.82, 2.24) is 20.2 Å². The van der Waals surface area contributed by atoms with Crippen LogP contribution in [0.25, 0.3) is 5.69 Å². The zero-order valence-corrected chi connectivity index (χ0v) is 13.3. The lowest BCUT2D eigenvalue weighted by Gasteiger charge is -2.20. The molecule has 19 heavy (non-hydrogen) atoms. The molecule has 0 unspecified atom stereocenters. The molecule has 1 aliphatic carbocycles. The third kappa shape index (κ3) is 2.76. The van der Waals surface area contributed by atoms with E-state index in [1.54, 1.807) is 0 Å². The van der Waals surface area contributed by atoms with Crippen molar-refractivity contribution in [3.8, 4) is 5.69 Å². The predicted molar refractivity (Wildman–Crippen MR) is 82.7 cm³/mol. The van der Waals surface area contributed by atoms with Gasteiger partial charge in [-0.05, 0) is 64.1 Å². The molecule has 1 aromatic carbocycles. The molecular weight excluding hydrogens is 375 g/mol. The van der Waals surface area contributed by atoms with E-state index in [1.807, 2.05) is 22.9 Å². The molecule has 0 aliphatic heterocycles. The minimum atomic E-state index is 0.482. The third-order valence-corrected chi connectivity index (χ3v) is 4.70. The normalized spacial score (nSPS) is 16.7. The van der Waals surface area contributed by atoms with Gasteiger partial charge < -0.3 is 0 Å². The Kier molecular flexibility index (Phi) is 4.02. The molecule has 1 heterocycles. The molecule has 0 spiro atoms. The van der Waals surface area contributed by atoms with E-state index in [1.165, 1.54) is 32.1 Å². The number of aromatic nitrogens is 4. The summed E-state index contributed by atoms with van der Waals surface area (Å²) < 4.78 is 2.93. The average molecular weight is 389 g/mol. The van der Waals surface area contributed by atoms with Crippen LogP contribution >= 0.6 is 34.2 Å². The maximum atomic E-state index is 6.00. The molecular formula is C13H14ClIN4. The van der Waals surface area contributed by atoms with Crippen LogP contribution in [0.5, 0.6) is 0 Å². The zero-order valence-electron chi connectivity index (χ0n) is 10.4. The Hall–Kier alpha value is -0.690. The SMILES string of the molecule is Clc1ccc(-n2nnnc2C2CCCCC2)c(I)c1. The summed E-state index contributed by atoms with van der Waals surface area (Å²) in [5, 5.41) is 13.0. The Morgan fingerprint density at radius 3 is 2.74 bits per heavy atom. The first kappa shape index (κ1) is 13.3. The second kappa shape index (κ2) is 5.75. The molecule has 4 nitrogen and oxygen atoms in total. The lowest BCUT2D eigenvalue weighted by Crippen LogP contribution is -2.12. The molecule has 0 amide bonds. The summed E-state index contributed by atoms with van der Waals surface area (Å²) in [5.41, 5.74) is 1.01. The Labute approximate surface area is 130 Å². The zero-order chi connectivity index (χ0) is 13.2. The number of halogens is 2. The van der Waals surface area contributed by atoms with Crippen LogP contribution in [0, 0.1) is 3.57 Å². The highest BCUT2D eigenvalue weighted by Gasteiger charge is 2.23. The highest BCUT2D eigenvalue weighted by molar-refractivity contribution is 14.1. The largest absolute Gasteiger partial charge is 0.196 e. The molecule has 2 aromatic rings. The summed E-state index contributed by atoms with van der Waals surface area (Å²) >= 11 is 8.27. The summed E-state index contributed by atoms with van der Waals surface area (Å²) in [6, 6.07) is 5.79. The first-order chi connectivity index (χ1) is 9.25. The van der Waals surface area contributed by atoms with Crippen LogP contribution in [0.2, 0.25) is 5.02 Å². The fraction of sp³-hybridized carbons (Fsp3) is 0.462. The number of hydrogen-bond acceptors (Lipinski definition) is 3. The van der Waals surface area contributed by atoms with Gasteiger partial charge in [-0.25, -0.2) is 0 Å². The molecule has 6 heteroatoms. The number of rotatable bonds is 2. The van der Waals surface area contributed by atoms with E-state index in [0.29, 0.717) is 5.92 Å². The summed E-state index contributed by atoms with van der Waals surface area (Å²) in [4.78, 5) is 0. The number of nitrogens with zero attached hydrogens (tertiary/aromatic N) is 4. The molecule has 1 aliphatic rings. The van der Waals surface area contributed by atoms with Gasteiger partial charge in [0.15, 0.2) is 5.82 Å². The number of benzene rings is 1. The van der Waals surface area contributed by atoms with Gasteiger partial charge in [-0.1, -0.05) is 30.9 Å². The fourth-order valence-electron chi connectivity index (χ4n) is 2.63. The van der Waals surface area contributed by atoms with Crippen LogP contribution < -0.4 is 0 Å². The van der Waals surface area contributed by atoms with Gasteiger partial charge in [-0.3, -0.25) is 0 Å². The van der Waals surface area contributed by atoms with Crippen LogP contribution in [0.15, 0.2) is 18.2 Å². The summed E-state index contributed by atoms with van der Waals surface area (Å²) in [5.74, 6) is 1.47. The maximum Gasteiger partial charge on any atom is 0.159 e. The van der Waals surface area contributed by atoms with Crippen LogP contribution in [0.3, 0.4) is 0 Å². The minimum absolute atomic E-state index is 0.482. The molecule has 0 radical (unpaired) electrons. The van der Waals surface area contributed by atoms with Gasteiger partial charge in [-0.2, -0.15) is 4.68 Å². The smallest absolute Gasteiger partial charge is 0.159 e. The molecule has 1 saturated carbocycles. The van der Waals surface area contributed by atoms with Gasteiger partial charge in [0.25, 0.3) is 0 Å². The first-order valence-corrected chi connectivity index (χ1v) is 7.95. The molecule has 0 bridgehead atoms. The molecule has 0 saturated heterocycles. The molecule has 0 atom stereocenters. The van der Waals surface area contributed by atoms with Gasteiger partial charge in [0.2, 0.25) is 0 Å². The van der Waals surface area contributed by atoms with Gasteiger partial charge in [0, 0.05) is 14.5 Å². The fourth-order valence-corrected chi connectivity index (χ4v) is 3.73. The second-order valence-corrected chi connectivity index (χ2v) is 6.48. The Bertz CT molecular complexity index is 578. The average Bonchev–Trinajstić information content (AvgIpc) is 2.89.